The Kier molecular flexibility index (Phi) is 6.45. The van der Waals surface area contributed by atoms with E-state index < -0.39 is 24.0 Å². The smallest absolute Gasteiger partial charge is 0.339 e. The van der Waals surface area contributed by atoms with Crippen LogP contribution in [0.3, 0.4) is 0 Å². The number of imide groups is 1. The van der Waals surface area contributed by atoms with Crippen LogP contribution >= 0.6 is 23.2 Å². The van der Waals surface area contributed by atoms with Crippen LogP contribution in [0.15, 0.2) is 18.2 Å². The lowest BCUT2D eigenvalue weighted by Crippen LogP contribution is -2.44. The van der Waals surface area contributed by atoms with Crippen molar-refractivity contribution in [2.24, 2.45) is 0 Å². The Morgan fingerprint density at radius 1 is 1.19 bits per heavy atom. The first kappa shape index (κ1) is 17.3. The van der Waals surface area contributed by atoms with Gasteiger partial charge in [0.15, 0.2) is 6.10 Å². The van der Waals surface area contributed by atoms with Crippen LogP contribution in [0, 0.1) is 0 Å². The molecule has 1 rings (SSSR count). The van der Waals surface area contributed by atoms with Gasteiger partial charge in [-0.05, 0) is 32.0 Å². The van der Waals surface area contributed by atoms with Crippen LogP contribution in [0.5, 0.6) is 0 Å². The van der Waals surface area contributed by atoms with E-state index in [0.29, 0.717) is 6.54 Å². The lowest BCUT2D eigenvalue weighted by molar-refractivity contribution is -0.127. The highest BCUT2D eigenvalue weighted by molar-refractivity contribution is 6.35. The Balaban J connectivity index is 2.65. The van der Waals surface area contributed by atoms with Gasteiger partial charge in [-0.1, -0.05) is 23.2 Å². The quantitative estimate of drug-likeness (QED) is 0.829. The Bertz CT molecular complexity index is 543. The van der Waals surface area contributed by atoms with E-state index >= 15 is 0 Å². The van der Waals surface area contributed by atoms with Crippen molar-refractivity contribution in [3.63, 3.8) is 0 Å². The van der Waals surface area contributed by atoms with Gasteiger partial charge in [-0.3, -0.25) is 10.1 Å². The second kappa shape index (κ2) is 7.85. The van der Waals surface area contributed by atoms with Gasteiger partial charge < -0.3 is 10.1 Å². The van der Waals surface area contributed by atoms with Gasteiger partial charge in [0.1, 0.15) is 0 Å². The van der Waals surface area contributed by atoms with Crippen LogP contribution in [0.25, 0.3) is 0 Å². The van der Waals surface area contributed by atoms with Crippen molar-refractivity contribution < 1.29 is 19.1 Å². The minimum atomic E-state index is -1.14. The third-order valence-electron chi connectivity index (χ3n) is 2.33. The number of carbonyl (C=O) groups is 3. The molecular weight excluding hydrogens is 319 g/mol. The molecule has 3 amide bonds. The lowest BCUT2D eigenvalue weighted by Gasteiger charge is -2.13. The van der Waals surface area contributed by atoms with Gasteiger partial charge in [-0.25, -0.2) is 9.59 Å². The van der Waals surface area contributed by atoms with Crippen molar-refractivity contribution in [1.82, 2.24) is 10.6 Å². The van der Waals surface area contributed by atoms with Gasteiger partial charge in [0, 0.05) is 16.6 Å². The maximum atomic E-state index is 11.9. The average Bonchev–Trinajstić information content (AvgIpc) is 2.37. The molecule has 1 aromatic carbocycles. The van der Waals surface area contributed by atoms with Gasteiger partial charge in [-0.2, -0.15) is 0 Å². The molecule has 0 aliphatic rings. The molecular formula is C13H14Cl2N2O4. The van der Waals surface area contributed by atoms with Crippen LogP contribution < -0.4 is 10.6 Å². The fourth-order valence-electron chi connectivity index (χ4n) is 1.37. The largest absolute Gasteiger partial charge is 0.449 e. The molecule has 6 nitrogen and oxygen atoms in total. The normalized spacial score (nSPS) is 11.4. The second-order valence-corrected chi connectivity index (χ2v) is 4.93. The number of hydrogen-bond donors (Lipinski definition) is 2. The summed E-state index contributed by atoms with van der Waals surface area (Å²) in [7, 11) is 0. The molecule has 21 heavy (non-hydrogen) atoms. The summed E-state index contributed by atoms with van der Waals surface area (Å²) in [6.07, 6.45) is -1.14. The topological polar surface area (TPSA) is 84.5 Å². The van der Waals surface area contributed by atoms with Crippen LogP contribution in [-0.4, -0.2) is 30.6 Å². The molecule has 1 unspecified atom stereocenters. The number of ether oxygens (including phenoxy) is 1. The summed E-state index contributed by atoms with van der Waals surface area (Å²) in [6.45, 7) is 3.42. The van der Waals surface area contributed by atoms with E-state index in [1.54, 1.807) is 6.92 Å². The fourth-order valence-corrected chi connectivity index (χ4v) is 1.90. The molecule has 0 spiro atoms. The monoisotopic (exact) mass is 332 g/mol. The second-order valence-electron chi connectivity index (χ2n) is 4.05. The molecule has 0 saturated carbocycles. The van der Waals surface area contributed by atoms with E-state index in [1.807, 2.05) is 5.32 Å². The van der Waals surface area contributed by atoms with Gasteiger partial charge in [0.05, 0.1) is 5.56 Å². The standard InChI is InChI=1S/C13H14Cl2N2O4/c1-3-16-13(20)17-11(18)7(2)21-12(19)8-4-9(14)6-10(15)5-8/h4-7H,3H2,1-2H3,(H2,16,17,18,20). The molecule has 114 valence electrons. The lowest BCUT2D eigenvalue weighted by atomic mass is 10.2. The van der Waals surface area contributed by atoms with Crippen LogP contribution in [0.4, 0.5) is 4.79 Å². The van der Waals surface area contributed by atoms with Gasteiger partial charge >= 0.3 is 12.0 Å². The molecule has 8 heteroatoms. The van der Waals surface area contributed by atoms with Crippen molar-refractivity contribution in [1.29, 1.82) is 0 Å². The molecule has 0 aliphatic carbocycles. The molecule has 1 aromatic rings. The van der Waals surface area contributed by atoms with E-state index in [-0.39, 0.29) is 15.6 Å². The summed E-state index contributed by atoms with van der Waals surface area (Å²) in [4.78, 5) is 34.7. The highest BCUT2D eigenvalue weighted by Crippen LogP contribution is 2.19. The summed E-state index contributed by atoms with van der Waals surface area (Å²) in [5.41, 5.74) is 0.116. The Labute approximate surface area is 131 Å². The first-order valence-corrected chi connectivity index (χ1v) is 6.84. The number of amides is 3. The SMILES string of the molecule is CCNC(=O)NC(=O)C(C)OC(=O)c1cc(Cl)cc(Cl)c1. The molecule has 0 aliphatic heterocycles. The van der Waals surface area contributed by atoms with Crippen LogP contribution in [0.2, 0.25) is 10.0 Å². The molecule has 0 aromatic heterocycles. The Hall–Kier alpha value is -1.79. The summed E-state index contributed by atoms with van der Waals surface area (Å²) in [5, 5.41) is 4.97. The van der Waals surface area contributed by atoms with Crippen molar-refractivity contribution in [2.75, 3.05) is 6.54 Å². The molecule has 0 radical (unpaired) electrons. The number of hydrogen-bond acceptors (Lipinski definition) is 4. The number of esters is 1. The van der Waals surface area contributed by atoms with Gasteiger partial charge in [0.2, 0.25) is 0 Å². The highest BCUT2D eigenvalue weighted by atomic mass is 35.5. The molecule has 2 N–H and O–H groups in total. The van der Waals surface area contributed by atoms with Crippen LogP contribution in [-0.2, 0) is 9.53 Å². The number of benzene rings is 1. The molecule has 1 atom stereocenters. The molecule has 0 saturated heterocycles. The third-order valence-corrected chi connectivity index (χ3v) is 2.76. The first-order chi connectivity index (χ1) is 9.83. The molecule has 0 bridgehead atoms. The highest BCUT2D eigenvalue weighted by Gasteiger charge is 2.21. The Morgan fingerprint density at radius 2 is 1.76 bits per heavy atom. The zero-order valence-corrected chi connectivity index (χ0v) is 12.9. The zero-order chi connectivity index (χ0) is 16.0. The van der Waals surface area contributed by atoms with E-state index in [2.05, 4.69) is 5.32 Å². The molecule has 0 heterocycles. The van der Waals surface area contributed by atoms with E-state index in [1.165, 1.54) is 25.1 Å². The van der Waals surface area contributed by atoms with Gasteiger partial charge in [-0.15, -0.1) is 0 Å². The minimum Gasteiger partial charge on any atom is -0.449 e. The summed E-state index contributed by atoms with van der Waals surface area (Å²) >= 11 is 11.5. The first-order valence-electron chi connectivity index (χ1n) is 6.09. The van der Waals surface area contributed by atoms with Crippen molar-refractivity contribution in [2.45, 2.75) is 20.0 Å². The van der Waals surface area contributed by atoms with E-state index in [9.17, 15) is 14.4 Å². The predicted molar refractivity (Wildman–Crippen MR) is 78.6 cm³/mol. The van der Waals surface area contributed by atoms with Crippen molar-refractivity contribution >= 4 is 41.1 Å². The van der Waals surface area contributed by atoms with E-state index in [4.69, 9.17) is 27.9 Å². The Morgan fingerprint density at radius 3 is 2.29 bits per heavy atom. The number of nitrogens with one attached hydrogen (secondary N) is 2. The zero-order valence-electron chi connectivity index (χ0n) is 11.4. The van der Waals surface area contributed by atoms with Gasteiger partial charge in [0.25, 0.3) is 5.91 Å². The van der Waals surface area contributed by atoms with E-state index in [0.717, 1.165) is 0 Å². The summed E-state index contributed by atoms with van der Waals surface area (Å²) in [6, 6.07) is 3.54. The number of halogens is 2. The third kappa shape index (κ3) is 5.61. The maximum Gasteiger partial charge on any atom is 0.339 e. The average molecular weight is 333 g/mol. The minimum absolute atomic E-state index is 0.116. The molecule has 0 fully saturated rings. The fraction of sp³-hybridized carbons (Fsp3) is 0.308. The maximum absolute atomic E-state index is 11.9. The summed E-state index contributed by atoms with van der Waals surface area (Å²) in [5.74, 6) is -1.50. The number of urea groups is 1. The number of carbonyl (C=O) groups excluding carboxylic acids is 3. The summed E-state index contributed by atoms with van der Waals surface area (Å²) < 4.78 is 4.94. The predicted octanol–water partition coefficient (Wildman–Crippen LogP) is 2.38. The van der Waals surface area contributed by atoms with Crippen molar-refractivity contribution in [3.05, 3.63) is 33.8 Å². The van der Waals surface area contributed by atoms with Crippen LogP contribution in [0.1, 0.15) is 24.2 Å². The number of rotatable bonds is 4. The van der Waals surface area contributed by atoms with Crippen molar-refractivity contribution in [3.8, 4) is 0 Å².